The van der Waals surface area contributed by atoms with Crippen LogP contribution in [-0.2, 0) is 18.9 Å². The molecule has 2 aliphatic heterocycles. The van der Waals surface area contributed by atoms with Crippen LogP contribution in [0.5, 0.6) is 11.5 Å². The van der Waals surface area contributed by atoms with Gasteiger partial charge in [-0.1, -0.05) is 24.3 Å². The Morgan fingerprint density at radius 2 is 0.942 bits per heavy atom. The number of fused-ring (bicyclic) bond motifs is 8. The van der Waals surface area contributed by atoms with Crippen LogP contribution in [0.15, 0.2) is 84.9 Å². The van der Waals surface area contributed by atoms with E-state index in [0.717, 1.165) is 78.6 Å². The van der Waals surface area contributed by atoms with Crippen LogP contribution in [-0.4, -0.2) is 87.0 Å². The fourth-order valence-electron chi connectivity index (χ4n) is 6.09. The molecule has 7 rings (SSSR count). The van der Waals surface area contributed by atoms with Crippen LogP contribution in [0.2, 0.25) is 0 Å². The maximum absolute atomic E-state index is 6.04. The number of aromatic amines is 2. The standard InChI is InChI=1S/C42H42N4O6/c1-47-17-19-49-21-23-51-35-7-3-5-29(25-35)41-37-13-9-31(43-37)27-33-11-15-39(45-33)42(40-16-12-34(46-40)28-32-10-14-38(41)44-32)30-6-4-8-36(26-30)52-24-22-50-20-18-48-2/h3-16,25-28,43,46H,17-24H2,1-2H3. The summed E-state index contributed by atoms with van der Waals surface area (Å²) in [5.41, 5.74) is 11.0. The second-order valence-corrected chi connectivity index (χ2v) is 12.2. The Labute approximate surface area is 302 Å². The number of benzene rings is 2. The van der Waals surface area contributed by atoms with Crippen molar-refractivity contribution < 1.29 is 28.4 Å². The van der Waals surface area contributed by atoms with Gasteiger partial charge in [-0.05, 0) is 96.1 Å². The molecule has 266 valence electrons. The third kappa shape index (κ3) is 8.67. The van der Waals surface area contributed by atoms with Gasteiger partial charge in [-0.3, -0.25) is 0 Å². The third-order valence-electron chi connectivity index (χ3n) is 8.50. The monoisotopic (exact) mass is 698 g/mol. The Balaban J connectivity index is 1.27. The number of nitrogens with one attached hydrogen (secondary N) is 2. The smallest absolute Gasteiger partial charge is 0.120 e. The normalized spacial score (nSPS) is 12.0. The van der Waals surface area contributed by atoms with Crippen molar-refractivity contribution in [2.24, 2.45) is 0 Å². The van der Waals surface area contributed by atoms with E-state index in [4.69, 9.17) is 38.4 Å². The number of aromatic nitrogens is 4. The molecule has 5 heterocycles. The summed E-state index contributed by atoms with van der Waals surface area (Å²) in [6.45, 7) is 4.02. The van der Waals surface area contributed by atoms with Gasteiger partial charge in [0.2, 0.25) is 0 Å². The summed E-state index contributed by atoms with van der Waals surface area (Å²) in [5.74, 6) is 1.51. The Hall–Kier alpha value is -5.52. The van der Waals surface area contributed by atoms with Crippen molar-refractivity contribution in [2.45, 2.75) is 0 Å². The number of nitrogens with zero attached hydrogens (tertiary/aromatic N) is 2. The molecular weight excluding hydrogens is 656 g/mol. The van der Waals surface area contributed by atoms with E-state index in [1.54, 1.807) is 14.2 Å². The zero-order valence-corrected chi connectivity index (χ0v) is 29.4. The van der Waals surface area contributed by atoms with E-state index in [9.17, 15) is 0 Å². The Kier molecular flexibility index (Phi) is 11.5. The molecule has 0 amide bonds. The summed E-state index contributed by atoms with van der Waals surface area (Å²) in [5, 5.41) is 0. The lowest BCUT2D eigenvalue weighted by atomic mass is 10.0. The van der Waals surface area contributed by atoms with E-state index in [0.29, 0.717) is 52.9 Å². The Morgan fingerprint density at radius 1 is 0.481 bits per heavy atom. The van der Waals surface area contributed by atoms with Gasteiger partial charge >= 0.3 is 0 Å². The molecule has 8 bridgehead atoms. The van der Waals surface area contributed by atoms with Crippen LogP contribution in [0.1, 0.15) is 22.8 Å². The molecule has 2 aliphatic rings. The second-order valence-electron chi connectivity index (χ2n) is 12.2. The largest absolute Gasteiger partial charge is 0.491 e. The highest BCUT2D eigenvalue weighted by atomic mass is 16.5. The lowest BCUT2D eigenvalue weighted by Crippen LogP contribution is -2.09. The number of rotatable bonds is 16. The van der Waals surface area contributed by atoms with Crippen LogP contribution in [0.3, 0.4) is 0 Å². The van der Waals surface area contributed by atoms with E-state index in [1.807, 2.05) is 48.6 Å². The number of H-pyrrole nitrogens is 2. The summed E-state index contributed by atoms with van der Waals surface area (Å²) in [4.78, 5) is 17.4. The average molecular weight is 699 g/mol. The van der Waals surface area contributed by atoms with E-state index in [2.05, 4.69) is 70.7 Å². The summed E-state index contributed by atoms with van der Waals surface area (Å²) in [7, 11) is 3.32. The van der Waals surface area contributed by atoms with Gasteiger partial charge in [0.05, 0.1) is 62.4 Å². The molecule has 2 aromatic carbocycles. The number of hydrogen-bond acceptors (Lipinski definition) is 8. The van der Waals surface area contributed by atoms with Gasteiger partial charge in [-0.15, -0.1) is 0 Å². The molecule has 0 spiro atoms. The molecule has 52 heavy (non-hydrogen) atoms. The van der Waals surface area contributed by atoms with Crippen LogP contribution < -0.4 is 9.47 Å². The first-order valence-electron chi connectivity index (χ1n) is 17.4. The fraction of sp³-hybridized carbons (Fsp3) is 0.238. The average Bonchev–Trinajstić information content (AvgIpc) is 3.99. The highest BCUT2D eigenvalue weighted by molar-refractivity contribution is 5.93. The lowest BCUT2D eigenvalue weighted by Gasteiger charge is -2.10. The Bertz CT molecular complexity index is 2060. The molecule has 0 radical (unpaired) electrons. The molecular formula is C42H42N4O6. The van der Waals surface area contributed by atoms with Gasteiger partial charge in [-0.2, -0.15) is 0 Å². The second kappa shape index (κ2) is 17.1. The molecule has 2 N–H and O–H groups in total. The van der Waals surface area contributed by atoms with E-state index >= 15 is 0 Å². The van der Waals surface area contributed by atoms with E-state index in [-0.39, 0.29) is 0 Å². The van der Waals surface area contributed by atoms with E-state index in [1.165, 1.54) is 0 Å². The van der Waals surface area contributed by atoms with Gasteiger partial charge in [0.15, 0.2) is 0 Å². The van der Waals surface area contributed by atoms with Gasteiger partial charge in [-0.25, -0.2) is 9.97 Å². The Morgan fingerprint density at radius 3 is 1.40 bits per heavy atom. The van der Waals surface area contributed by atoms with Crippen molar-refractivity contribution in [1.82, 2.24) is 19.9 Å². The lowest BCUT2D eigenvalue weighted by molar-refractivity contribution is 0.0544. The highest BCUT2D eigenvalue weighted by Crippen LogP contribution is 2.34. The summed E-state index contributed by atoms with van der Waals surface area (Å²) < 4.78 is 33.3. The highest BCUT2D eigenvalue weighted by Gasteiger charge is 2.14. The minimum Gasteiger partial charge on any atom is -0.491 e. The van der Waals surface area contributed by atoms with Crippen molar-refractivity contribution >= 4 is 46.4 Å². The molecule has 0 saturated heterocycles. The van der Waals surface area contributed by atoms with Gasteiger partial charge in [0.1, 0.15) is 24.7 Å². The first kappa shape index (κ1) is 34.9. The predicted octanol–water partition coefficient (Wildman–Crippen LogP) is 8.07. The summed E-state index contributed by atoms with van der Waals surface area (Å²) in [6, 6.07) is 28.6. The van der Waals surface area contributed by atoms with Crippen LogP contribution in [0.4, 0.5) is 0 Å². The fourth-order valence-corrected chi connectivity index (χ4v) is 6.09. The SMILES string of the molecule is COCCOCCOc1cccc(-c2c3nc(cc4ccc([nH]4)c(-c4cccc(OCCOCCOC)c4)c4nc(cc5ccc2[nH]5)C=C4)C=C3)c1. The number of ether oxygens (including phenoxy) is 6. The van der Waals surface area contributed by atoms with E-state index < -0.39 is 0 Å². The quantitative estimate of drug-likeness (QED) is 0.0975. The van der Waals surface area contributed by atoms with Gasteiger partial charge in [0, 0.05) is 47.4 Å². The molecule has 0 atom stereocenters. The van der Waals surface area contributed by atoms with Crippen molar-refractivity contribution in [3.05, 3.63) is 108 Å². The maximum atomic E-state index is 6.04. The predicted molar refractivity (Wildman–Crippen MR) is 206 cm³/mol. The van der Waals surface area contributed by atoms with Crippen molar-refractivity contribution in [3.8, 4) is 33.8 Å². The third-order valence-corrected chi connectivity index (χ3v) is 8.50. The number of hydrogen-bond donors (Lipinski definition) is 2. The molecule has 0 unspecified atom stereocenters. The molecule has 0 saturated carbocycles. The van der Waals surface area contributed by atoms with Crippen LogP contribution >= 0.6 is 0 Å². The summed E-state index contributed by atoms with van der Waals surface area (Å²) in [6.07, 6.45) is 8.19. The van der Waals surface area contributed by atoms with Crippen LogP contribution in [0.25, 0.3) is 68.6 Å². The maximum Gasteiger partial charge on any atom is 0.120 e. The van der Waals surface area contributed by atoms with Crippen molar-refractivity contribution in [1.29, 1.82) is 0 Å². The summed E-state index contributed by atoms with van der Waals surface area (Å²) >= 11 is 0. The first-order valence-corrected chi connectivity index (χ1v) is 17.4. The minimum atomic E-state index is 0.439. The van der Waals surface area contributed by atoms with Crippen LogP contribution in [0, 0.1) is 0 Å². The first-order chi connectivity index (χ1) is 25.7. The number of methoxy groups -OCH3 is 2. The molecule has 3 aromatic heterocycles. The molecule has 5 aromatic rings. The van der Waals surface area contributed by atoms with Crippen molar-refractivity contribution in [3.63, 3.8) is 0 Å². The molecule has 10 nitrogen and oxygen atoms in total. The topological polar surface area (TPSA) is 113 Å². The zero-order chi connectivity index (χ0) is 35.5. The molecule has 0 aliphatic carbocycles. The van der Waals surface area contributed by atoms with Gasteiger partial charge in [0.25, 0.3) is 0 Å². The molecule has 0 fully saturated rings. The zero-order valence-electron chi connectivity index (χ0n) is 29.4. The van der Waals surface area contributed by atoms with Crippen molar-refractivity contribution in [2.75, 3.05) is 67.1 Å². The minimum absolute atomic E-state index is 0.439. The molecule has 10 heteroatoms. The van der Waals surface area contributed by atoms with Gasteiger partial charge < -0.3 is 38.4 Å².